The number of aromatic nitrogens is 1. The maximum Gasteiger partial charge on any atom is 0.237 e. The van der Waals surface area contributed by atoms with Crippen LogP contribution in [0.1, 0.15) is 19.4 Å². The van der Waals surface area contributed by atoms with E-state index in [2.05, 4.69) is 26.2 Å². The average Bonchev–Trinajstić information content (AvgIpc) is 2.41. The van der Waals surface area contributed by atoms with Gasteiger partial charge < -0.3 is 10.1 Å². The van der Waals surface area contributed by atoms with E-state index in [1.807, 2.05) is 26.0 Å². The topological polar surface area (TPSA) is 34.1 Å². The Balaban J connectivity index is 2.12. The molecule has 5 heteroatoms. The Morgan fingerprint density at radius 2 is 2.15 bits per heavy atom. The lowest BCUT2D eigenvalue weighted by Crippen LogP contribution is -2.10. The van der Waals surface area contributed by atoms with E-state index in [0.717, 1.165) is 10.2 Å². The highest BCUT2D eigenvalue weighted by molar-refractivity contribution is 9.10. The fourth-order valence-electron chi connectivity index (χ4n) is 1.71. The quantitative estimate of drug-likeness (QED) is 0.878. The number of rotatable bonds is 5. The van der Waals surface area contributed by atoms with Gasteiger partial charge in [0.1, 0.15) is 5.82 Å². The predicted octanol–water partition coefficient (Wildman–Crippen LogP) is 4.38. The number of benzene rings is 1. The van der Waals surface area contributed by atoms with Crippen LogP contribution in [0.4, 0.5) is 10.1 Å². The normalized spacial score (nSPS) is 10.7. The van der Waals surface area contributed by atoms with E-state index >= 15 is 0 Å². The molecule has 0 saturated carbocycles. The van der Waals surface area contributed by atoms with E-state index in [9.17, 15) is 4.39 Å². The van der Waals surface area contributed by atoms with Crippen molar-refractivity contribution in [2.45, 2.75) is 26.5 Å². The number of nitrogens with one attached hydrogen (secondary N) is 1. The van der Waals surface area contributed by atoms with Gasteiger partial charge in [0, 0.05) is 22.8 Å². The molecule has 1 heterocycles. The zero-order chi connectivity index (χ0) is 14.5. The first kappa shape index (κ1) is 14.8. The Hall–Kier alpha value is -1.62. The van der Waals surface area contributed by atoms with E-state index < -0.39 is 0 Å². The lowest BCUT2D eigenvalue weighted by Gasteiger charge is -2.14. The molecule has 106 valence electrons. The summed E-state index contributed by atoms with van der Waals surface area (Å²) in [5.74, 6) is 0.286. The maximum atomic E-state index is 13.7. The number of hydrogen-bond acceptors (Lipinski definition) is 3. The smallest absolute Gasteiger partial charge is 0.237 e. The van der Waals surface area contributed by atoms with Crippen LogP contribution in [0.2, 0.25) is 0 Å². The van der Waals surface area contributed by atoms with E-state index in [0.29, 0.717) is 18.0 Å². The summed E-state index contributed by atoms with van der Waals surface area (Å²) in [5, 5.41) is 3.15. The number of ether oxygens (including phenoxy) is 1. The Morgan fingerprint density at radius 3 is 2.90 bits per heavy atom. The third kappa shape index (κ3) is 3.93. The van der Waals surface area contributed by atoms with Gasteiger partial charge in [-0.05, 0) is 44.2 Å². The molecule has 0 aliphatic carbocycles. The molecule has 1 aromatic carbocycles. The molecule has 0 saturated heterocycles. The molecule has 0 spiro atoms. The average molecular weight is 339 g/mol. The van der Waals surface area contributed by atoms with Gasteiger partial charge in [-0.1, -0.05) is 15.9 Å². The van der Waals surface area contributed by atoms with Gasteiger partial charge in [-0.15, -0.1) is 0 Å². The molecule has 0 atom stereocenters. The van der Waals surface area contributed by atoms with Crippen LogP contribution in [0.5, 0.6) is 5.88 Å². The van der Waals surface area contributed by atoms with Gasteiger partial charge in [0.15, 0.2) is 0 Å². The SMILES string of the molecule is CC(C)Oc1ncccc1NCc1cc(Br)ccc1F. The lowest BCUT2D eigenvalue weighted by atomic mass is 10.2. The first-order valence-electron chi connectivity index (χ1n) is 6.35. The Kier molecular flexibility index (Phi) is 4.95. The zero-order valence-electron chi connectivity index (χ0n) is 11.4. The molecule has 20 heavy (non-hydrogen) atoms. The van der Waals surface area contributed by atoms with E-state index in [1.165, 1.54) is 6.07 Å². The molecular weight excluding hydrogens is 323 g/mol. The highest BCUT2D eigenvalue weighted by Gasteiger charge is 2.08. The third-order valence-corrected chi connectivity index (χ3v) is 3.09. The molecule has 0 fully saturated rings. The van der Waals surface area contributed by atoms with Gasteiger partial charge in [0.05, 0.1) is 11.8 Å². The van der Waals surface area contributed by atoms with Crippen LogP contribution in [-0.2, 0) is 6.54 Å². The second-order valence-electron chi connectivity index (χ2n) is 4.61. The van der Waals surface area contributed by atoms with Gasteiger partial charge >= 0.3 is 0 Å². The molecule has 2 aromatic rings. The van der Waals surface area contributed by atoms with Crippen molar-refractivity contribution in [3.63, 3.8) is 0 Å². The first-order chi connectivity index (χ1) is 9.56. The van der Waals surface area contributed by atoms with Crippen LogP contribution in [0.15, 0.2) is 41.0 Å². The number of pyridine rings is 1. The Bertz CT molecular complexity index is 590. The molecule has 0 amide bonds. The molecule has 0 unspecified atom stereocenters. The van der Waals surface area contributed by atoms with Crippen molar-refractivity contribution in [2.75, 3.05) is 5.32 Å². The number of anilines is 1. The standard InChI is InChI=1S/C15H16BrFN2O/c1-10(2)20-15-14(4-3-7-18-15)19-9-11-8-12(16)5-6-13(11)17/h3-8,10,19H,9H2,1-2H3. The lowest BCUT2D eigenvalue weighted by molar-refractivity contribution is 0.234. The van der Waals surface area contributed by atoms with Crippen molar-refractivity contribution in [3.05, 3.63) is 52.4 Å². The minimum absolute atomic E-state index is 0.0352. The van der Waals surface area contributed by atoms with E-state index in [1.54, 1.807) is 18.3 Å². The van der Waals surface area contributed by atoms with Gasteiger partial charge in [-0.25, -0.2) is 9.37 Å². The second kappa shape index (κ2) is 6.70. The van der Waals surface area contributed by atoms with Crippen molar-refractivity contribution >= 4 is 21.6 Å². The summed E-state index contributed by atoms with van der Waals surface area (Å²) < 4.78 is 20.1. The monoisotopic (exact) mass is 338 g/mol. The van der Waals surface area contributed by atoms with E-state index in [-0.39, 0.29) is 11.9 Å². The number of halogens is 2. The molecule has 0 bridgehead atoms. The van der Waals surface area contributed by atoms with Crippen molar-refractivity contribution in [2.24, 2.45) is 0 Å². The molecule has 0 aliphatic rings. The third-order valence-electron chi connectivity index (χ3n) is 2.60. The van der Waals surface area contributed by atoms with Crippen molar-refractivity contribution < 1.29 is 9.13 Å². The van der Waals surface area contributed by atoms with E-state index in [4.69, 9.17) is 4.74 Å². The summed E-state index contributed by atoms with van der Waals surface area (Å²) in [6.07, 6.45) is 1.70. The largest absolute Gasteiger partial charge is 0.473 e. The molecule has 3 nitrogen and oxygen atoms in total. The second-order valence-corrected chi connectivity index (χ2v) is 5.53. The van der Waals surface area contributed by atoms with Crippen LogP contribution in [0.25, 0.3) is 0 Å². The van der Waals surface area contributed by atoms with Crippen molar-refractivity contribution in [1.29, 1.82) is 0 Å². The fourth-order valence-corrected chi connectivity index (χ4v) is 2.12. The number of nitrogens with zero attached hydrogens (tertiary/aromatic N) is 1. The summed E-state index contributed by atoms with van der Waals surface area (Å²) in [7, 11) is 0. The molecule has 0 radical (unpaired) electrons. The minimum atomic E-state index is -0.240. The Labute approximate surface area is 126 Å². The summed E-state index contributed by atoms with van der Waals surface area (Å²) in [5.41, 5.74) is 1.33. The summed E-state index contributed by atoms with van der Waals surface area (Å²) in [6.45, 7) is 4.24. The van der Waals surface area contributed by atoms with Gasteiger partial charge in [-0.3, -0.25) is 0 Å². The predicted molar refractivity (Wildman–Crippen MR) is 81.4 cm³/mol. The fraction of sp³-hybridized carbons (Fsp3) is 0.267. The maximum absolute atomic E-state index is 13.7. The van der Waals surface area contributed by atoms with Gasteiger partial charge in [0.25, 0.3) is 0 Å². The zero-order valence-corrected chi connectivity index (χ0v) is 12.9. The van der Waals surface area contributed by atoms with Crippen molar-refractivity contribution in [3.8, 4) is 5.88 Å². The Morgan fingerprint density at radius 1 is 1.35 bits per heavy atom. The summed E-state index contributed by atoms with van der Waals surface area (Å²) in [6, 6.07) is 8.54. The molecular formula is C15H16BrFN2O. The minimum Gasteiger partial charge on any atom is -0.473 e. The van der Waals surface area contributed by atoms with Gasteiger partial charge in [-0.2, -0.15) is 0 Å². The molecule has 1 N–H and O–H groups in total. The highest BCUT2D eigenvalue weighted by Crippen LogP contribution is 2.23. The van der Waals surface area contributed by atoms with Gasteiger partial charge in [0.2, 0.25) is 5.88 Å². The molecule has 0 aliphatic heterocycles. The first-order valence-corrected chi connectivity index (χ1v) is 7.15. The van der Waals surface area contributed by atoms with Crippen LogP contribution in [-0.4, -0.2) is 11.1 Å². The summed E-state index contributed by atoms with van der Waals surface area (Å²) >= 11 is 3.34. The van der Waals surface area contributed by atoms with Crippen LogP contribution in [0.3, 0.4) is 0 Å². The van der Waals surface area contributed by atoms with Crippen LogP contribution >= 0.6 is 15.9 Å². The van der Waals surface area contributed by atoms with Crippen LogP contribution in [0, 0.1) is 5.82 Å². The highest BCUT2D eigenvalue weighted by atomic mass is 79.9. The molecule has 1 aromatic heterocycles. The molecule has 2 rings (SSSR count). The summed E-state index contributed by atoms with van der Waals surface area (Å²) in [4.78, 5) is 4.18. The number of hydrogen-bond donors (Lipinski definition) is 1. The van der Waals surface area contributed by atoms with Crippen molar-refractivity contribution in [1.82, 2.24) is 4.98 Å². The van der Waals surface area contributed by atoms with Crippen LogP contribution < -0.4 is 10.1 Å².